The first kappa shape index (κ1) is 12.9. The summed E-state index contributed by atoms with van der Waals surface area (Å²) in [5.74, 6) is 0. The minimum atomic E-state index is 0.215. The second kappa shape index (κ2) is 5.85. The smallest absolute Gasteiger partial charge is 0.0558 e. The van der Waals surface area contributed by atoms with E-state index in [0.29, 0.717) is 6.04 Å². The highest BCUT2D eigenvalue weighted by molar-refractivity contribution is 9.10. The van der Waals surface area contributed by atoms with E-state index in [1.165, 1.54) is 19.3 Å². The molecule has 0 saturated heterocycles. The fraction of sp³-hybridized carbons (Fsp3) is 0.538. The predicted octanol–water partition coefficient (Wildman–Crippen LogP) is 2.38. The Morgan fingerprint density at radius 1 is 1.41 bits per heavy atom. The molecule has 0 spiro atoms. The number of nitrogens with two attached hydrogens (primary N) is 1. The van der Waals surface area contributed by atoms with Crippen LogP contribution in [0.25, 0.3) is 0 Å². The average Bonchev–Trinajstić information content (AvgIpc) is 2.20. The number of hydrogen-bond donors (Lipinski definition) is 2. The number of aliphatic hydroxyl groups is 1. The van der Waals surface area contributed by atoms with Gasteiger partial charge in [0.15, 0.2) is 0 Å². The number of halogens is 1. The van der Waals surface area contributed by atoms with Crippen molar-refractivity contribution in [2.24, 2.45) is 0 Å². The maximum absolute atomic E-state index is 9.12. The molecule has 0 heterocycles. The highest BCUT2D eigenvalue weighted by Gasteiger charge is 2.24. The Labute approximate surface area is 111 Å². The first-order chi connectivity index (χ1) is 8.20. The predicted molar refractivity (Wildman–Crippen MR) is 73.7 cm³/mol. The van der Waals surface area contributed by atoms with Crippen molar-refractivity contribution in [2.75, 3.05) is 18.9 Å². The zero-order valence-corrected chi connectivity index (χ0v) is 11.5. The monoisotopic (exact) mass is 298 g/mol. The summed E-state index contributed by atoms with van der Waals surface area (Å²) >= 11 is 3.41. The van der Waals surface area contributed by atoms with Crippen molar-refractivity contribution in [3.63, 3.8) is 0 Å². The summed E-state index contributed by atoms with van der Waals surface area (Å²) < 4.78 is 1.01. The topological polar surface area (TPSA) is 49.5 Å². The Hall–Kier alpha value is -0.580. The maximum Gasteiger partial charge on any atom is 0.0558 e. The van der Waals surface area contributed by atoms with Crippen LogP contribution in [-0.2, 0) is 6.54 Å². The molecule has 1 aromatic rings. The van der Waals surface area contributed by atoms with E-state index < -0.39 is 0 Å². The summed E-state index contributed by atoms with van der Waals surface area (Å²) in [6.45, 7) is 1.79. The van der Waals surface area contributed by atoms with Gasteiger partial charge in [0.05, 0.1) is 6.61 Å². The third kappa shape index (κ3) is 3.21. The van der Waals surface area contributed by atoms with Gasteiger partial charge in [-0.3, -0.25) is 4.90 Å². The van der Waals surface area contributed by atoms with E-state index in [0.717, 1.165) is 28.8 Å². The number of benzene rings is 1. The molecule has 0 radical (unpaired) electrons. The molecule has 2 rings (SSSR count). The van der Waals surface area contributed by atoms with Gasteiger partial charge in [-0.15, -0.1) is 0 Å². The first-order valence-corrected chi connectivity index (χ1v) is 6.89. The van der Waals surface area contributed by atoms with Gasteiger partial charge in [0, 0.05) is 29.3 Å². The van der Waals surface area contributed by atoms with Crippen molar-refractivity contribution in [1.82, 2.24) is 4.90 Å². The van der Waals surface area contributed by atoms with Crippen molar-refractivity contribution >= 4 is 21.6 Å². The summed E-state index contributed by atoms with van der Waals surface area (Å²) in [6, 6.07) is 6.64. The van der Waals surface area contributed by atoms with E-state index in [1.807, 2.05) is 12.1 Å². The lowest BCUT2D eigenvalue weighted by molar-refractivity contribution is 0.0947. The molecule has 0 amide bonds. The van der Waals surface area contributed by atoms with Crippen molar-refractivity contribution < 1.29 is 5.11 Å². The van der Waals surface area contributed by atoms with Crippen molar-refractivity contribution in [2.45, 2.75) is 31.8 Å². The van der Waals surface area contributed by atoms with Crippen molar-refractivity contribution in [3.05, 3.63) is 28.2 Å². The van der Waals surface area contributed by atoms with Gasteiger partial charge in [0.1, 0.15) is 0 Å². The number of anilines is 1. The van der Waals surface area contributed by atoms with Gasteiger partial charge < -0.3 is 10.8 Å². The molecular weight excluding hydrogens is 280 g/mol. The molecule has 3 nitrogen and oxygen atoms in total. The first-order valence-electron chi connectivity index (χ1n) is 6.09. The second-order valence-electron chi connectivity index (χ2n) is 4.62. The molecular formula is C13H19BrN2O. The molecule has 0 bridgehead atoms. The lowest BCUT2D eigenvalue weighted by atomic mass is 9.91. The zero-order chi connectivity index (χ0) is 12.3. The zero-order valence-electron chi connectivity index (χ0n) is 9.90. The number of nitrogens with zero attached hydrogens (tertiary/aromatic N) is 1. The molecule has 1 aliphatic rings. The minimum Gasteiger partial charge on any atom is -0.398 e. The number of aliphatic hydroxyl groups excluding tert-OH is 1. The minimum absolute atomic E-state index is 0.215. The van der Waals surface area contributed by atoms with Gasteiger partial charge in [-0.25, -0.2) is 0 Å². The SMILES string of the molecule is Nc1cc(Br)ccc1CN(CCO)C1CCC1. The van der Waals surface area contributed by atoms with Crippen LogP contribution in [0.2, 0.25) is 0 Å². The van der Waals surface area contributed by atoms with E-state index in [1.54, 1.807) is 0 Å². The molecule has 0 aliphatic heterocycles. The molecule has 4 heteroatoms. The summed E-state index contributed by atoms with van der Waals surface area (Å²) in [7, 11) is 0. The molecule has 3 N–H and O–H groups in total. The van der Waals surface area contributed by atoms with Gasteiger partial charge in [-0.2, -0.15) is 0 Å². The average molecular weight is 299 g/mol. The molecule has 1 aromatic carbocycles. The number of rotatable bonds is 5. The van der Waals surface area contributed by atoms with E-state index >= 15 is 0 Å². The van der Waals surface area contributed by atoms with Gasteiger partial charge in [-0.1, -0.05) is 28.4 Å². The van der Waals surface area contributed by atoms with E-state index in [4.69, 9.17) is 10.8 Å². The molecule has 0 aromatic heterocycles. The maximum atomic E-state index is 9.12. The van der Waals surface area contributed by atoms with E-state index in [9.17, 15) is 0 Å². The highest BCUT2D eigenvalue weighted by atomic mass is 79.9. The number of hydrogen-bond acceptors (Lipinski definition) is 3. The third-order valence-electron chi connectivity index (χ3n) is 3.46. The number of nitrogen functional groups attached to an aromatic ring is 1. The van der Waals surface area contributed by atoms with E-state index in [-0.39, 0.29) is 6.61 Å². The normalized spacial score (nSPS) is 16.2. The Bertz CT molecular complexity index is 380. The van der Waals surface area contributed by atoms with Gasteiger partial charge in [0.2, 0.25) is 0 Å². The Morgan fingerprint density at radius 2 is 2.18 bits per heavy atom. The third-order valence-corrected chi connectivity index (χ3v) is 3.95. The molecule has 1 fully saturated rings. The lowest BCUT2D eigenvalue weighted by Gasteiger charge is -2.37. The largest absolute Gasteiger partial charge is 0.398 e. The summed E-state index contributed by atoms with van der Waals surface area (Å²) in [4.78, 5) is 2.34. The molecule has 0 unspecified atom stereocenters. The molecule has 1 aliphatic carbocycles. The van der Waals surface area contributed by atoms with Crippen LogP contribution in [-0.4, -0.2) is 29.2 Å². The molecule has 1 saturated carbocycles. The van der Waals surface area contributed by atoms with Crippen LogP contribution < -0.4 is 5.73 Å². The van der Waals surface area contributed by atoms with Crippen LogP contribution in [0.3, 0.4) is 0 Å². The van der Waals surface area contributed by atoms with Gasteiger partial charge in [0.25, 0.3) is 0 Å². The molecule has 17 heavy (non-hydrogen) atoms. The van der Waals surface area contributed by atoms with Crippen LogP contribution in [0.1, 0.15) is 24.8 Å². The molecule has 0 atom stereocenters. The summed E-state index contributed by atoms with van der Waals surface area (Å²) in [5, 5.41) is 9.12. The fourth-order valence-electron chi connectivity index (χ4n) is 2.20. The van der Waals surface area contributed by atoms with E-state index in [2.05, 4.69) is 26.9 Å². The quantitative estimate of drug-likeness (QED) is 0.821. The lowest BCUT2D eigenvalue weighted by Crippen LogP contribution is -2.41. The van der Waals surface area contributed by atoms with Crippen LogP contribution in [0, 0.1) is 0 Å². The standard InChI is InChI=1S/C13H19BrN2O/c14-11-5-4-10(13(15)8-11)9-16(6-7-17)12-2-1-3-12/h4-5,8,12,17H,1-3,6-7,9,15H2. The van der Waals surface area contributed by atoms with Crippen molar-refractivity contribution in [3.8, 4) is 0 Å². The van der Waals surface area contributed by atoms with Gasteiger partial charge >= 0.3 is 0 Å². The fourth-order valence-corrected chi connectivity index (χ4v) is 2.58. The van der Waals surface area contributed by atoms with Crippen LogP contribution >= 0.6 is 15.9 Å². The molecule has 94 valence electrons. The van der Waals surface area contributed by atoms with Crippen LogP contribution in [0.5, 0.6) is 0 Å². The Morgan fingerprint density at radius 3 is 2.71 bits per heavy atom. The highest BCUT2D eigenvalue weighted by Crippen LogP contribution is 2.27. The van der Waals surface area contributed by atoms with Crippen molar-refractivity contribution in [1.29, 1.82) is 0 Å². The Kier molecular flexibility index (Phi) is 4.42. The second-order valence-corrected chi connectivity index (χ2v) is 5.54. The summed E-state index contributed by atoms with van der Waals surface area (Å²) in [5.41, 5.74) is 7.97. The Balaban J connectivity index is 2.05. The summed E-state index contributed by atoms with van der Waals surface area (Å²) in [6.07, 6.45) is 3.80. The van der Waals surface area contributed by atoms with Gasteiger partial charge in [-0.05, 0) is 30.5 Å². The van der Waals surface area contributed by atoms with Crippen LogP contribution in [0.4, 0.5) is 5.69 Å². The van der Waals surface area contributed by atoms with Crippen LogP contribution in [0.15, 0.2) is 22.7 Å².